The van der Waals surface area contributed by atoms with E-state index in [1.807, 2.05) is 26.0 Å². The van der Waals surface area contributed by atoms with Crippen LogP contribution >= 0.6 is 27.5 Å². The molecule has 0 aliphatic rings. The van der Waals surface area contributed by atoms with E-state index in [4.69, 9.17) is 21.1 Å². The van der Waals surface area contributed by atoms with Gasteiger partial charge >= 0.3 is 0 Å². The SMILES string of the molecule is COc1cc(CCl)cc(Br)c1OC(C)C. The zero-order chi connectivity index (χ0) is 11.4. The number of rotatable bonds is 4. The second-order valence-electron chi connectivity index (χ2n) is 3.41. The maximum atomic E-state index is 5.77. The molecule has 0 bridgehead atoms. The summed E-state index contributed by atoms with van der Waals surface area (Å²) in [6, 6.07) is 3.82. The largest absolute Gasteiger partial charge is 0.493 e. The molecule has 0 saturated carbocycles. The molecular formula is C11H14BrClO2. The Balaban J connectivity index is 3.12. The summed E-state index contributed by atoms with van der Waals surface area (Å²) in [4.78, 5) is 0. The zero-order valence-corrected chi connectivity index (χ0v) is 11.4. The van der Waals surface area contributed by atoms with Gasteiger partial charge in [0.2, 0.25) is 0 Å². The molecule has 0 fully saturated rings. The van der Waals surface area contributed by atoms with E-state index in [1.54, 1.807) is 7.11 Å². The first-order chi connectivity index (χ1) is 7.08. The lowest BCUT2D eigenvalue weighted by molar-refractivity contribution is 0.228. The van der Waals surface area contributed by atoms with E-state index in [0.29, 0.717) is 11.6 Å². The van der Waals surface area contributed by atoms with E-state index in [1.165, 1.54) is 0 Å². The highest BCUT2D eigenvalue weighted by atomic mass is 79.9. The van der Waals surface area contributed by atoms with E-state index >= 15 is 0 Å². The topological polar surface area (TPSA) is 18.5 Å². The molecule has 0 saturated heterocycles. The maximum Gasteiger partial charge on any atom is 0.175 e. The summed E-state index contributed by atoms with van der Waals surface area (Å²) < 4.78 is 11.8. The van der Waals surface area contributed by atoms with Crippen LogP contribution in [0.15, 0.2) is 16.6 Å². The van der Waals surface area contributed by atoms with Crippen LogP contribution in [0.3, 0.4) is 0 Å². The van der Waals surface area contributed by atoms with Crippen molar-refractivity contribution in [3.8, 4) is 11.5 Å². The summed E-state index contributed by atoms with van der Waals surface area (Å²) in [6.07, 6.45) is 0.108. The van der Waals surface area contributed by atoms with E-state index < -0.39 is 0 Å². The summed E-state index contributed by atoms with van der Waals surface area (Å²) >= 11 is 9.21. The Kier molecular flexibility index (Phi) is 4.74. The Labute approximate surface area is 104 Å². The second kappa shape index (κ2) is 5.61. The Morgan fingerprint density at radius 1 is 1.40 bits per heavy atom. The molecule has 0 aromatic heterocycles. The van der Waals surface area contributed by atoms with Gasteiger partial charge in [-0.3, -0.25) is 0 Å². The number of ether oxygens (including phenoxy) is 2. The van der Waals surface area contributed by atoms with Crippen molar-refractivity contribution in [2.45, 2.75) is 25.8 Å². The van der Waals surface area contributed by atoms with Gasteiger partial charge in [-0.2, -0.15) is 0 Å². The molecule has 15 heavy (non-hydrogen) atoms. The van der Waals surface area contributed by atoms with Gasteiger partial charge < -0.3 is 9.47 Å². The smallest absolute Gasteiger partial charge is 0.175 e. The first-order valence-electron chi connectivity index (χ1n) is 4.67. The number of halogens is 2. The van der Waals surface area contributed by atoms with Crippen LogP contribution in [0, 0.1) is 0 Å². The molecule has 0 spiro atoms. The van der Waals surface area contributed by atoms with Crippen LogP contribution in [-0.4, -0.2) is 13.2 Å². The highest BCUT2D eigenvalue weighted by Crippen LogP contribution is 2.37. The normalized spacial score (nSPS) is 10.5. The molecule has 0 N–H and O–H groups in total. The molecule has 0 heterocycles. The molecule has 2 nitrogen and oxygen atoms in total. The van der Waals surface area contributed by atoms with E-state index in [-0.39, 0.29) is 6.10 Å². The van der Waals surface area contributed by atoms with Crippen molar-refractivity contribution in [1.29, 1.82) is 0 Å². The van der Waals surface area contributed by atoms with Crippen LogP contribution < -0.4 is 9.47 Å². The predicted octanol–water partition coefficient (Wildman–Crippen LogP) is 3.98. The third kappa shape index (κ3) is 3.28. The average Bonchev–Trinajstić information content (AvgIpc) is 2.20. The molecule has 0 atom stereocenters. The average molecular weight is 294 g/mol. The van der Waals surface area contributed by atoms with Crippen LogP contribution in [0.4, 0.5) is 0 Å². The van der Waals surface area contributed by atoms with Gasteiger partial charge in [0.1, 0.15) is 0 Å². The Bertz CT molecular complexity index is 340. The molecule has 0 aliphatic carbocycles. The number of hydrogen-bond acceptors (Lipinski definition) is 2. The second-order valence-corrected chi connectivity index (χ2v) is 4.53. The minimum Gasteiger partial charge on any atom is -0.493 e. The fraction of sp³-hybridized carbons (Fsp3) is 0.455. The molecule has 0 radical (unpaired) electrons. The van der Waals surface area contributed by atoms with E-state index in [9.17, 15) is 0 Å². The summed E-state index contributed by atoms with van der Waals surface area (Å²) in [6.45, 7) is 3.95. The highest BCUT2D eigenvalue weighted by molar-refractivity contribution is 9.10. The zero-order valence-electron chi connectivity index (χ0n) is 9.01. The van der Waals surface area contributed by atoms with Gasteiger partial charge in [-0.25, -0.2) is 0 Å². The molecule has 1 aromatic carbocycles. The van der Waals surface area contributed by atoms with E-state index in [0.717, 1.165) is 15.8 Å². The minimum atomic E-state index is 0.108. The molecule has 0 unspecified atom stereocenters. The van der Waals surface area contributed by atoms with Crippen LogP contribution in [0.25, 0.3) is 0 Å². The molecule has 1 aromatic rings. The summed E-state index contributed by atoms with van der Waals surface area (Å²) in [5, 5.41) is 0. The van der Waals surface area contributed by atoms with Crippen LogP contribution in [-0.2, 0) is 5.88 Å². The standard InChI is InChI=1S/C11H14BrClO2/c1-7(2)15-11-9(12)4-8(6-13)5-10(11)14-3/h4-5,7H,6H2,1-3H3. The number of benzene rings is 1. The van der Waals surface area contributed by atoms with Gasteiger partial charge in [0.05, 0.1) is 17.7 Å². The summed E-state index contributed by atoms with van der Waals surface area (Å²) in [5.74, 6) is 1.88. The summed E-state index contributed by atoms with van der Waals surface area (Å²) in [7, 11) is 1.62. The minimum absolute atomic E-state index is 0.108. The molecule has 0 amide bonds. The molecule has 1 rings (SSSR count). The van der Waals surface area contributed by atoms with Gasteiger partial charge in [-0.05, 0) is 47.5 Å². The third-order valence-corrected chi connectivity index (χ3v) is 2.69. The van der Waals surface area contributed by atoms with Crippen molar-refractivity contribution >= 4 is 27.5 Å². The van der Waals surface area contributed by atoms with Crippen molar-refractivity contribution in [2.24, 2.45) is 0 Å². The van der Waals surface area contributed by atoms with Crippen LogP contribution in [0.5, 0.6) is 11.5 Å². The van der Waals surface area contributed by atoms with Crippen molar-refractivity contribution in [3.05, 3.63) is 22.2 Å². The van der Waals surface area contributed by atoms with Gasteiger partial charge in [0.25, 0.3) is 0 Å². The molecule has 0 aliphatic heterocycles. The van der Waals surface area contributed by atoms with Gasteiger partial charge in [0, 0.05) is 5.88 Å². The molecule has 4 heteroatoms. The number of alkyl halides is 1. The Hall–Kier alpha value is -0.410. The first-order valence-corrected chi connectivity index (χ1v) is 6.00. The van der Waals surface area contributed by atoms with Crippen molar-refractivity contribution < 1.29 is 9.47 Å². The predicted molar refractivity (Wildman–Crippen MR) is 66.0 cm³/mol. The lowest BCUT2D eigenvalue weighted by atomic mass is 10.2. The lowest BCUT2D eigenvalue weighted by Crippen LogP contribution is -2.07. The fourth-order valence-electron chi connectivity index (χ4n) is 1.20. The Morgan fingerprint density at radius 3 is 2.53 bits per heavy atom. The van der Waals surface area contributed by atoms with Crippen molar-refractivity contribution in [1.82, 2.24) is 0 Å². The monoisotopic (exact) mass is 292 g/mol. The quantitative estimate of drug-likeness (QED) is 0.782. The van der Waals surface area contributed by atoms with Gasteiger partial charge in [0.15, 0.2) is 11.5 Å². The molecular weight excluding hydrogens is 279 g/mol. The maximum absolute atomic E-state index is 5.77. The number of methoxy groups -OCH3 is 1. The fourth-order valence-corrected chi connectivity index (χ4v) is 1.94. The van der Waals surface area contributed by atoms with Gasteiger partial charge in [-0.15, -0.1) is 11.6 Å². The van der Waals surface area contributed by atoms with E-state index in [2.05, 4.69) is 15.9 Å². The number of hydrogen-bond donors (Lipinski definition) is 0. The van der Waals surface area contributed by atoms with Crippen molar-refractivity contribution in [2.75, 3.05) is 7.11 Å². The highest BCUT2D eigenvalue weighted by Gasteiger charge is 2.12. The third-order valence-electron chi connectivity index (χ3n) is 1.80. The van der Waals surface area contributed by atoms with Crippen LogP contribution in [0.1, 0.15) is 19.4 Å². The lowest BCUT2D eigenvalue weighted by Gasteiger charge is -2.16. The summed E-state index contributed by atoms with van der Waals surface area (Å²) in [5.41, 5.74) is 0.997. The first kappa shape index (κ1) is 12.7. The Morgan fingerprint density at radius 2 is 2.07 bits per heavy atom. The molecule has 84 valence electrons. The van der Waals surface area contributed by atoms with Crippen LogP contribution in [0.2, 0.25) is 0 Å². The van der Waals surface area contributed by atoms with Crippen molar-refractivity contribution in [3.63, 3.8) is 0 Å². The van der Waals surface area contributed by atoms with Gasteiger partial charge in [-0.1, -0.05) is 0 Å².